The molecule has 1 amide bonds. The van der Waals surface area contributed by atoms with Gasteiger partial charge in [0.05, 0.1) is 18.6 Å². The number of hydrogen-bond acceptors (Lipinski definition) is 5. The van der Waals surface area contributed by atoms with E-state index in [9.17, 15) is 4.79 Å². The first-order valence-electron chi connectivity index (χ1n) is 8.63. The zero-order valence-electron chi connectivity index (χ0n) is 14.7. The molecule has 1 aromatic carbocycles. The van der Waals surface area contributed by atoms with Crippen LogP contribution in [0.3, 0.4) is 0 Å². The molecular weight excluding hydrogens is 336 g/mol. The Labute approximate surface area is 152 Å². The van der Waals surface area contributed by atoms with Crippen LogP contribution in [0.4, 0.5) is 0 Å². The smallest absolute Gasteiger partial charge is 0.230 e. The molecule has 0 radical (unpaired) electrons. The first-order chi connectivity index (χ1) is 12.2. The first-order valence-corrected chi connectivity index (χ1v) is 9.79. The Bertz CT molecular complexity index is 723. The van der Waals surface area contributed by atoms with Crippen LogP contribution in [-0.2, 0) is 10.5 Å². The highest BCUT2D eigenvalue weighted by Gasteiger charge is 2.17. The van der Waals surface area contributed by atoms with Gasteiger partial charge in [-0.3, -0.25) is 4.79 Å². The number of ether oxygens (including phenoxy) is 1. The highest BCUT2D eigenvalue weighted by Crippen LogP contribution is 2.26. The number of carbonyl (C=O) groups excluding carboxylic acids is 1. The van der Waals surface area contributed by atoms with E-state index >= 15 is 0 Å². The minimum Gasteiger partial charge on any atom is -0.497 e. The maximum absolute atomic E-state index is 12.0. The summed E-state index contributed by atoms with van der Waals surface area (Å²) in [5, 5.41) is 3.11. The van der Waals surface area contributed by atoms with E-state index in [1.807, 2.05) is 31.2 Å². The normalized spacial score (nSPS) is 14.6. The minimum absolute atomic E-state index is 0.117. The molecule has 0 atom stereocenters. The molecule has 5 nitrogen and oxygen atoms in total. The molecule has 0 bridgehead atoms. The van der Waals surface area contributed by atoms with E-state index in [0.717, 1.165) is 35.6 Å². The predicted molar refractivity (Wildman–Crippen MR) is 99.8 cm³/mol. The Morgan fingerprint density at radius 3 is 2.96 bits per heavy atom. The molecule has 1 aromatic heterocycles. The van der Waals surface area contributed by atoms with Crippen LogP contribution in [0.5, 0.6) is 5.75 Å². The summed E-state index contributed by atoms with van der Waals surface area (Å²) in [7, 11) is 1.64. The number of aryl methyl sites for hydroxylation is 1. The fourth-order valence-corrected chi connectivity index (χ4v) is 3.85. The average molecular weight is 360 g/mol. The van der Waals surface area contributed by atoms with E-state index in [1.165, 1.54) is 12.8 Å². The lowest BCUT2D eigenvalue weighted by Crippen LogP contribution is -2.33. The van der Waals surface area contributed by atoms with Gasteiger partial charge in [-0.25, -0.2) is 4.98 Å². The van der Waals surface area contributed by atoms with Gasteiger partial charge in [0.25, 0.3) is 0 Å². The number of methoxy groups -OCH3 is 1. The second kappa shape index (κ2) is 8.43. The van der Waals surface area contributed by atoms with Crippen molar-refractivity contribution in [3.8, 4) is 17.2 Å². The van der Waals surface area contributed by atoms with Gasteiger partial charge in [-0.05, 0) is 38.0 Å². The van der Waals surface area contributed by atoms with Crippen molar-refractivity contribution in [2.24, 2.45) is 0 Å². The van der Waals surface area contributed by atoms with Crippen molar-refractivity contribution in [3.05, 3.63) is 35.7 Å². The molecule has 0 spiro atoms. The maximum atomic E-state index is 12.0. The summed E-state index contributed by atoms with van der Waals surface area (Å²) in [6, 6.07) is 8.02. The molecule has 1 aliphatic rings. The average Bonchev–Trinajstić information content (AvgIpc) is 3.25. The van der Waals surface area contributed by atoms with Gasteiger partial charge in [0.2, 0.25) is 11.8 Å². The Balaban J connectivity index is 1.54. The third-order valence-corrected chi connectivity index (χ3v) is 5.35. The second-order valence-electron chi connectivity index (χ2n) is 6.30. The summed E-state index contributed by atoms with van der Waals surface area (Å²) >= 11 is 1.57. The Hall–Kier alpha value is -1.95. The molecule has 1 heterocycles. The van der Waals surface area contributed by atoms with E-state index < -0.39 is 0 Å². The molecule has 1 fully saturated rings. The van der Waals surface area contributed by atoms with Gasteiger partial charge < -0.3 is 14.5 Å². The molecule has 25 heavy (non-hydrogen) atoms. The number of nitrogens with zero attached hydrogens (tertiary/aromatic N) is 1. The van der Waals surface area contributed by atoms with Crippen molar-refractivity contribution in [3.63, 3.8) is 0 Å². The van der Waals surface area contributed by atoms with Crippen LogP contribution < -0.4 is 10.1 Å². The van der Waals surface area contributed by atoms with Gasteiger partial charge in [0.15, 0.2) is 0 Å². The number of nitrogens with one attached hydrogen (secondary N) is 1. The summed E-state index contributed by atoms with van der Waals surface area (Å²) in [6.45, 7) is 1.91. The third-order valence-electron chi connectivity index (χ3n) is 4.40. The van der Waals surface area contributed by atoms with Crippen molar-refractivity contribution in [2.75, 3.05) is 12.9 Å². The Morgan fingerprint density at radius 1 is 1.40 bits per heavy atom. The molecule has 1 saturated carbocycles. The summed E-state index contributed by atoms with van der Waals surface area (Å²) in [5.74, 6) is 3.39. The van der Waals surface area contributed by atoms with E-state index in [-0.39, 0.29) is 5.91 Å². The van der Waals surface area contributed by atoms with Crippen LogP contribution in [0.25, 0.3) is 11.5 Å². The van der Waals surface area contributed by atoms with Crippen molar-refractivity contribution in [1.29, 1.82) is 0 Å². The van der Waals surface area contributed by atoms with Crippen molar-refractivity contribution in [1.82, 2.24) is 10.3 Å². The Kier molecular flexibility index (Phi) is 6.02. The van der Waals surface area contributed by atoms with E-state index in [0.29, 0.717) is 23.4 Å². The van der Waals surface area contributed by atoms with Gasteiger partial charge >= 0.3 is 0 Å². The number of thioether (sulfide) groups is 1. The van der Waals surface area contributed by atoms with Gasteiger partial charge in [0, 0.05) is 17.4 Å². The van der Waals surface area contributed by atoms with Crippen LogP contribution in [0, 0.1) is 6.92 Å². The lowest BCUT2D eigenvalue weighted by atomic mass is 10.2. The number of oxazole rings is 1. The SMILES string of the molecule is COc1cccc(-c2nc(CSCC(=O)NC3CCCC3)c(C)o2)c1. The summed E-state index contributed by atoms with van der Waals surface area (Å²) in [4.78, 5) is 16.6. The van der Waals surface area contributed by atoms with E-state index in [2.05, 4.69) is 10.3 Å². The number of amides is 1. The van der Waals surface area contributed by atoms with Crippen LogP contribution in [0.1, 0.15) is 37.1 Å². The van der Waals surface area contributed by atoms with Gasteiger partial charge in [-0.2, -0.15) is 0 Å². The summed E-state index contributed by atoms with van der Waals surface area (Å²) in [5.41, 5.74) is 1.77. The lowest BCUT2D eigenvalue weighted by Gasteiger charge is -2.11. The lowest BCUT2D eigenvalue weighted by molar-refractivity contribution is -0.119. The van der Waals surface area contributed by atoms with Crippen molar-refractivity contribution >= 4 is 17.7 Å². The zero-order chi connectivity index (χ0) is 17.6. The van der Waals surface area contributed by atoms with Crippen molar-refractivity contribution in [2.45, 2.75) is 44.4 Å². The minimum atomic E-state index is 0.117. The fourth-order valence-electron chi connectivity index (χ4n) is 3.02. The number of rotatable bonds is 7. The quantitative estimate of drug-likeness (QED) is 0.810. The van der Waals surface area contributed by atoms with Gasteiger partial charge in [0.1, 0.15) is 11.5 Å². The first kappa shape index (κ1) is 17.9. The number of hydrogen-bond donors (Lipinski definition) is 1. The number of carbonyl (C=O) groups is 1. The molecule has 6 heteroatoms. The molecule has 0 unspecified atom stereocenters. The van der Waals surface area contributed by atoms with E-state index in [4.69, 9.17) is 9.15 Å². The standard InChI is InChI=1S/C19H24N2O3S/c1-13-17(11-25-12-18(22)20-15-7-3-4-8-15)21-19(24-13)14-6-5-9-16(10-14)23-2/h5-6,9-10,15H,3-4,7-8,11-12H2,1-2H3,(H,20,22). The van der Waals surface area contributed by atoms with Gasteiger partial charge in [-0.1, -0.05) is 18.9 Å². The molecule has 0 aliphatic heterocycles. The van der Waals surface area contributed by atoms with Crippen LogP contribution in [-0.4, -0.2) is 29.8 Å². The van der Waals surface area contributed by atoms with E-state index in [1.54, 1.807) is 18.9 Å². The van der Waals surface area contributed by atoms with Gasteiger partial charge in [-0.15, -0.1) is 11.8 Å². The molecule has 3 rings (SSSR count). The largest absolute Gasteiger partial charge is 0.497 e. The molecule has 2 aromatic rings. The number of aromatic nitrogens is 1. The van der Waals surface area contributed by atoms with Crippen molar-refractivity contribution < 1.29 is 13.9 Å². The summed E-state index contributed by atoms with van der Waals surface area (Å²) < 4.78 is 11.0. The molecule has 1 aliphatic carbocycles. The van der Waals surface area contributed by atoms with Crippen LogP contribution >= 0.6 is 11.8 Å². The highest BCUT2D eigenvalue weighted by atomic mass is 32.2. The maximum Gasteiger partial charge on any atom is 0.230 e. The summed E-state index contributed by atoms with van der Waals surface area (Å²) in [6.07, 6.45) is 4.68. The van der Waals surface area contributed by atoms with Crippen LogP contribution in [0.15, 0.2) is 28.7 Å². The number of benzene rings is 1. The van der Waals surface area contributed by atoms with Crippen LogP contribution in [0.2, 0.25) is 0 Å². The molecule has 0 saturated heterocycles. The molecule has 1 N–H and O–H groups in total. The Morgan fingerprint density at radius 2 is 2.20 bits per heavy atom. The fraction of sp³-hybridized carbons (Fsp3) is 0.474. The molecular formula is C19H24N2O3S. The monoisotopic (exact) mass is 360 g/mol. The topological polar surface area (TPSA) is 64.4 Å². The molecule has 134 valence electrons. The highest BCUT2D eigenvalue weighted by molar-refractivity contribution is 7.99. The second-order valence-corrected chi connectivity index (χ2v) is 7.28. The zero-order valence-corrected chi connectivity index (χ0v) is 15.5. The third kappa shape index (κ3) is 4.78. The predicted octanol–water partition coefficient (Wildman–Crippen LogP) is 3.95.